The average molecular weight is 355 g/mol. The Balaban J connectivity index is 2.56. The number of nitrogens with two attached hydrogens (primary N) is 1. The lowest BCUT2D eigenvalue weighted by molar-refractivity contribution is 0.588. The molecule has 7 heteroatoms. The van der Waals surface area contributed by atoms with Crippen molar-refractivity contribution in [3.8, 4) is 0 Å². The average Bonchev–Trinajstić information content (AvgIpc) is 2.21. The summed E-state index contributed by atoms with van der Waals surface area (Å²) < 4.78 is 25.6. The molecule has 0 saturated carbocycles. The highest BCUT2D eigenvalue weighted by atomic mass is 127. The quantitative estimate of drug-likeness (QED) is 0.540. The third-order valence-corrected chi connectivity index (χ3v) is 4.05. The molecule has 1 rings (SSSR count). The Morgan fingerprint density at radius 2 is 2.12 bits per heavy atom. The van der Waals surface area contributed by atoms with Crippen molar-refractivity contribution >= 4 is 44.0 Å². The van der Waals surface area contributed by atoms with E-state index in [1.807, 2.05) is 18.2 Å². The molecule has 0 spiro atoms. The van der Waals surface area contributed by atoms with Gasteiger partial charge in [0.2, 0.25) is 10.0 Å². The first-order valence-electron chi connectivity index (χ1n) is 4.65. The Morgan fingerprint density at radius 1 is 1.44 bits per heavy atom. The number of sulfonamides is 1. The summed E-state index contributed by atoms with van der Waals surface area (Å²) in [5, 5.41) is 2.98. The predicted octanol–water partition coefficient (Wildman–Crippen LogP) is 0.834. The molecule has 0 unspecified atom stereocenters. The zero-order valence-corrected chi connectivity index (χ0v) is 11.8. The Kier molecular flexibility index (Phi) is 4.81. The van der Waals surface area contributed by atoms with Crippen LogP contribution in [0.25, 0.3) is 0 Å². The molecule has 16 heavy (non-hydrogen) atoms. The summed E-state index contributed by atoms with van der Waals surface area (Å²) in [4.78, 5) is 0. The minimum absolute atomic E-state index is 0.0227. The van der Waals surface area contributed by atoms with E-state index in [4.69, 9.17) is 5.73 Å². The van der Waals surface area contributed by atoms with E-state index in [-0.39, 0.29) is 5.75 Å². The Morgan fingerprint density at radius 3 is 2.69 bits per heavy atom. The van der Waals surface area contributed by atoms with E-state index in [9.17, 15) is 8.42 Å². The number of nitrogen functional groups attached to an aromatic ring is 1. The molecule has 0 heterocycles. The summed E-state index contributed by atoms with van der Waals surface area (Å²) in [6, 6.07) is 5.57. The van der Waals surface area contributed by atoms with Gasteiger partial charge in [-0.15, -0.1) is 0 Å². The molecule has 5 nitrogen and oxygen atoms in total. The van der Waals surface area contributed by atoms with Gasteiger partial charge in [-0.25, -0.2) is 13.1 Å². The molecule has 0 aliphatic rings. The largest absolute Gasteiger partial charge is 0.397 e. The maximum atomic E-state index is 11.1. The number of halogens is 1. The van der Waals surface area contributed by atoms with Gasteiger partial charge in [0.15, 0.2) is 0 Å². The van der Waals surface area contributed by atoms with Crippen molar-refractivity contribution in [3.05, 3.63) is 21.8 Å². The first kappa shape index (κ1) is 13.5. The highest BCUT2D eigenvalue weighted by molar-refractivity contribution is 14.1. The monoisotopic (exact) mass is 355 g/mol. The number of nitrogens with one attached hydrogen (secondary N) is 2. The van der Waals surface area contributed by atoms with E-state index >= 15 is 0 Å². The van der Waals surface area contributed by atoms with Crippen LogP contribution in [0.4, 0.5) is 11.4 Å². The molecular weight excluding hydrogens is 341 g/mol. The topological polar surface area (TPSA) is 84.2 Å². The molecule has 0 aromatic heterocycles. The van der Waals surface area contributed by atoms with Crippen molar-refractivity contribution in [1.29, 1.82) is 0 Å². The van der Waals surface area contributed by atoms with Crippen LogP contribution in [0.5, 0.6) is 0 Å². The molecule has 1 aromatic carbocycles. The van der Waals surface area contributed by atoms with Gasteiger partial charge in [0.05, 0.1) is 17.1 Å². The third-order valence-electron chi connectivity index (χ3n) is 2.01. The van der Waals surface area contributed by atoms with Crippen LogP contribution >= 0.6 is 22.6 Å². The van der Waals surface area contributed by atoms with Crippen LogP contribution in [0.3, 0.4) is 0 Å². The number of anilines is 2. The number of rotatable bonds is 5. The van der Waals surface area contributed by atoms with Crippen molar-refractivity contribution in [2.24, 2.45) is 0 Å². The second kappa shape index (κ2) is 5.69. The lowest BCUT2D eigenvalue weighted by Gasteiger charge is -2.09. The number of hydrogen-bond acceptors (Lipinski definition) is 4. The van der Waals surface area contributed by atoms with Gasteiger partial charge < -0.3 is 11.1 Å². The SMILES string of the molecule is CNS(=O)(=O)CCNc1ccc(I)cc1N. The number of hydrogen-bond donors (Lipinski definition) is 3. The zero-order chi connectivity index (χ0) is 12.2. The van der Waals surface area contributed by atoms with E-state index in [0.717, 1.165) is 9.26 Å². The Labute approximate surface area is 109 Å². The molecule has 0 aliphatic heterocycles. The fourth-order valence-electron chi connectivity index (χ4n) is 1.12. The molecule has 0 aliphatic carbocycles. The van der Waals surface area contributed by atoms with Gasteiger partial charge in [-0.3, -0.25) is 0 Å². The Hall–Kier alpha value is -0.540. The minimum atomic E-state index is -3.17. The lowest BCUT2D eigenvalue weighted by atomic mass is 10.3. The van der Waals surface area contributed by atoms with Crippen molar-refractivity contribution in [2.45, 2.75) is 0 Å². The first-order valence-corrected chi connectivity index (χ1v) is 7.38. The maximum absolute atomic E-state index is 11.1. The van der Waals surface area contributed by atoms with Crippen LogP contribution in [0.1, 0.15) is 0 Å². The summed E-state index contributed by atoms with van der Waals surface area (Å²) in [6.45, 7) is 0.327. The Bertz CT molecular complexity index is 462. The van der Waals surface area contributed by atoms with Crippen molar-refractivity contribution < 1.29 is 8.42 Å². The summed E-state index contributed by atoms with van der Waals surface area (Å²) in [5.41, 5.74) is 7.15. The van der Waals surface area contributed by atoms with Gasteiger partial charge >= 0.3 is 0 Å². The second-order valence-corrected chi connectivity index (χ2v) is 6.47. The minimum Gasteiger partial charge on any atom is -0.397 e. The highest BCUT2D eigenvalue weighted by Gasteiger charge is 2.06. The third kappa shape index (κ3) is 4.14. The molecule has 0 radical (unpaired) electrons. The van der Waals surface area contributed by atoms with E-state index in [2.05, 4.69) is 32.6 Å². The van der Waals surface area contributed by atoms with Crippen molar-refractivity contribution in [3.63, 3.8) is 0 Å². The molecule has 1 aromatic rings. The van der Waals surface area contributed by atoms with Crippen LogP contribution in [-0.2, 0) is 10.0 Å². The van der Waals surface area contributed by atoms with Crippen LogP contribution < -0.4 is 15.8 Å². The van der Waals surface area contributed by atoms with Gasteiger partial charge in [0.1, 0.15) is 0 Å². The molecule has 0 atom stereocenters. The van der Waals surface area contributed by atoms with E-state index < -0.39 is 10.0 Å². The fourth-order valence-corrected chi connectivity index (χ4v) is 2.21. The van der Waals surface area contributed by atoms with Crippen LogP contribution in [0.2, 0.25) is 0 Å². The molecule has 0 fully saturated rings. The normalized spacial score (nSPS) is 11.4. The van der Waals surface area contributed by atoms with E-state index in [1.54, 1.807) is 0 Å². The lowest BCUT2D eigenvalue weighted by Crippen LogP contribution is -2.26. The molecule has 0 saturated heterocycles. The molecule has 0 amide bonds. The van der Waals surface area contributed by atoms with Gasteiger partial charge in [0, 0.05) is 10.1 Å². The summed E-state index contributed by atoms with van der Waals surface area (Å²) in [5.74, 6) is 0.0227. The molecule has 0 bridgehead atoms. The van der Waals surface area contributed by atoms with E-state index in [1.165, 1.54) is 7.05 Å². The predicted molar refractivity (Wildman–Crippen MR) is 74.9 cm³/mol. The van der Waals surface area contributed by atoms with Gasteiger partial charge in [-0.2, -0.15) is 0 Å². The van der Waals surface area contributed by atoms with Gasteiger partial charge in [0.25, 0.3) is 0 Å². The van der Waals surface area contributed by atoms with E-state index in [0.29, 0.717) is 12.2 Å². The van der Waals surface area contributed by atoms with Crippen molar-refractivity contribution in [2.75, 3.05) is 30.4 Å². The maximum Gasteiger partial charge on any atom is 0.213 e. The van der Waals surface area contributed by atoms with Crippen molar-refractivity contribution in [1.82, 2.24) is 4.72 Å². The smallest absolute Gasteiger partial charge is 0.213 e. The second-order valence-electron chi connectivity index (χ2n) is 3.18. The fraction of sp³-hybridized carbons (Fsp3) is 0.333. The highest BCUT2D eigenvalue weighted by Crippen LogP contribution is 2.20. The molecule has 4 N–H and O–H groups in total. The number of benzene rings is 1. The van der Waals surface area contributed by atoms with Gasteiger partial charge in [-0.1, -0.05) is 0 Å². The van der Waals surface area contributed by atoms with Crippen LogP contribution in [0.15, 0.2) is 18.2 Å². The van der Waals surface area contributed by atoms with Crippen LogP contribution in [0, 0.1) is 3.57 Å². The first-order chi connectivity index (χ1) is 7.44. The van der Waals surface area contributed by atoms with Crippen LogP contribution in [-0.4, -0.2) is 27.8 Å². The molecular formula is C9H14IN3O2S. The summed E-state index contributed by atoms with van der Waals surface area (Å²) >= 11 is 2.16. The standard InChI is InChI=1S/C9H14IN3O2S/c1-12-16(14,15)5-4-13-9-3-2-7(10)6-8(9)11/h2-3,6,12-13H,4-5,11H2,1H3. The molecule has 90 valence electrons. The summed E-state index contributed by atoms with van der Waals surface area (Å²) in [7, 11) is -1.77. The summed E-state index contributed by atoms with van der Waals surface area (Å²) in [6.07, 6.45) is 0. The van der Waals surface area contributed by atoms with Gasteiger partial charge in [-0.05, 0) is 47.8 Å². The zero-order valence-electron chi connectivity index (χ0n) is 8.83.